The molecule has 1 fully saturated rings. The summed E-state index contributed by atoms with van der Waals surface area (Å²) in [6.07, 6.45) is 1.32. The second-order valence-electron chi connectivity index (χ2n) is 8.15. The molecule has 1 atom stereocenters. The van der Waals surface area contributed by atoms with Crippen molar-refractivity contribution >= 4 is 21.9 Å². The van der Waals surface area contributed by atoms with Crippen LogP contribution in [0.5, 0.6) is 5.75 Å². The first-order chi connectivity index (χ1) is 15.6. The van der Waals surface area contributed by atoms with Gasteiger partial charge in [0.1, 0.15) is 5.75 Å². The van der Waals surface area contributed by atoms with E-state index >= 15 is 0 Å². The second kappa shape index (κ2) is 10.3. The smallest absolute Gasteiger partial charge is 0.306 e. The topological polar surface area (TPSA) is 49.8 Å². The first kappa shape index (κ1) is 22.6. The van der Waals surface area contributed by atoms with Gasteiger partial charge in [-0.25, -0.2) is 0 Å². The number of halogens is 1. The number of ether oxygens (including phenoxy) is 1. The molecule has 1 N–H and O–H groups in total. The van der Waals surface area contributed by atoms with Crippen LogP contribution < -0.4 is 4.74 Å². The molecule has 3 aromatic rings. The zero-order valence-electron chi connectivity index (χ0n) is 18.2. The monoisotopic (exact) mass is 493 g/mol. The Morgan fingerprint density at radius 2 is 1.69 bits per heavy atom. The molecular formula is C27H28BrNO3. The Hall–Kier alpha value is -2.63. The van der Waals surface area contributed by atoms with Crippen LogP contribution >= 0.6 is 15.9 Å². The Kier molecular flexibility index (Phi) is 7.28. The molecule has 1 heterocycles. The fraction of sp³-hybridized carbons (Fsp3) is 0.296. The van der Waals surface area contributed by atoms with Crippen LogP contribution in [0.2, 0.25) is 0 Å². The molecule has 0 saturated carbocycles. The molecule has 1 aliphatic rings. The van der Waals surface area contributed by atoms with Crippen molar-refractivity contribution in [2.24, 2.45) is 5.92 Å². The van der Waals surface area contributed by atoms with Crippen LogP contribution in [-0.4, -0.2) is 35.7 Å². The number of piperidine rings is 1. The van der Waals surface area contributed by atoms with Crippen molar-refractivity contribution in [3.05, 3.63) is 88.4 Å². The second-order valence-corrected chi connectivity index (χ2v) is 9.07. The van der Waals surface area contributed by atoms with Crippen molar-refractivity contribution in [3.63, 3.8) is 0 Å². The molecule has 0 aromatic heterocycles. The molecule has 4 rings (SSSR count). The largest absolute Gasteiger partial charge is 0.494 e. The lowest BCUT2D eigenvalue weighted by Crippen LogP contribution is -2.39. The average molecular weight is 494 g/mol. The Balaban J connectivity index is 1.72. The van der Waals surface area contributed by atoms with E-state index in [1.807, 2.05) is 25.1 Å². The lowest BCUT2D eigenvalue weighted by Gasteiger charge is -2.37. The van der Waals surface area contributed by atoms with E-state index < -0.39 is 5.97 Å². The first-order valence-electron chi connectivity index (χ1n) is 11.1. The van der Waals surface area contributed by atoms with Crippen LogP contribution in [0.15, 0.2) is 77.3 Å². The van der Waals surface area contributed by atoms with Gasteiger partial charge in [0.05, 0.1) is 18.6 Å². The number of hydrogen-bond donors (Lipinski definition) is 1. The average Bonchev–Trinajstić information content (AvgIpc) is 2.82. The zero-order valence-corrected chi connectivity index (χ0v) is 19.8. The Labute approximate surface area is 198 Å². The quantitative estimate of drug-likeness (QED) is 0.413. The van der Waals surface area contributed by atoms with Gasteiger partial charge in [-0.1, -0.05) is 70.5 Å². The fourth-order valence-electron chi connectivity index (χ4n) is 4.50. The van der Waals surface area contributed by atoms with Crippen molar-refractivity contribution in [2.75, 3.05) is 19.7 Å². The molecule has 0 bridgehead atoms. The SMILES string of the molecule is CCOc1ccc(Br)cc1C(c1ccc(-c2ccccc2)cc1)N1CCC(C(=O)O)CC1. The van der Waals surface area contributed by atoms with Crippen molar-refractivity contribution < 1.29 is 14.6 Å². The summed E-state index contributed by atoms with van der Waals surface area (Å²) in [4.78, 5) is 13.9. The lowest BCUT2D eigenvalue weighted by molar-refractivity contribution is -0.143. The van der Waals surface area contributed by atoms with E-state index in [1.165, 1.54) is 16.7 Å². The number of carboxylic acids is 1. The Morgan fingerprint density at radius 3 is 2.31 bits per heavy atom. The molecular weight excluding hydrogens is 466 g/mol. The third kappa shape index (κ3) is 5.05. The van der Waals surface area contributed by atoms with Crippen molar-refractivity contribution in [3.8, 4) is 16.9 Å². The molecule has 0 aliphatic carbocycles. The third-order valence-electron chi connectivity index (χ3n) is 6.14. The third-order valence-corrected chi connectivity index (χ3v) is 6.64. The number of aliphatic carboxylic acids is 1. The molecule has 3 aromatic carbocycles. The van der Waals surface area contributed by atoms with E-state index in [1.54, 1.807) is 0 Å². The standard InChI is InChI=1S/C27H28BrNO3/c1-2-32-25-13-12-23(28)18-24(25)26(29-16-14-22(15-17-29)27(30)31)21-10-8-20(9-11-21)19-6-4-3-5-7-19/h3-13,18,22,26H,2,14-17H2,1H3,(H,30,31). The van der Waals surface area contributed by atoms with Crippen LogP contribution in [0.4, 0.5) is 0 Å². The molecule has 166 valence electrons. The van der Waals surface area contributed by atoms with Gasteiger partial charge in [-0.15, -0.1) is 0 Å². The van der Waals surface area contributed by atoms with E-state index in [2.05, 4.69) is 75.4 Å². The molecule has 0 radical (unpaired) electrons. The molecule has 1 aliphatic heterocycles. The lowest BCUT2D eigenvalue weighted by atomic mass is 9.90. The summed E-state index contributed by atoms with van der Waals surface area (Å²) < 4.78 is 7.00. The number of carbonyl (C=O) groups is 1. The van der Waals surface area contributed by atoms with Gasteiger partial charge in [-0.3, -0.25) is 9.69 Å². The first-order valence-corrected chi connectivity index (χ1v) is 11.9. The molecule has 32 heavy (non-hydrogen) atoms. The highest BCUT2D eigenvalue weighted by molar-refractivity contribution is 9.10. The highest BCUT2D eigenvalue weighted by Gasteiger charge is 2.31. The summed E-state index contributed by atoms with van der Waals surface area (Å²) >= 11 is 3.63. The van der Waals surface area contributed by atoms with Crippen LogP contribution in [0, 0.1) is 5.92 Å². The summed E-state index contributed by atoms with van der Waals surface area (Å²) in [6.45, 7) is 4.06. The van der Waals surface area contributed by atoms with Gasteiger partial charge in [0, 0.05) is 10.0 Å². The molecule has 0 amide bonds. The van der Waals surface area contributed by atoms with Crippen LogP contribution in [0.1, 0.15) is 36.9 Å². The van der Waals surface area contributed by atoms with E-state index in [4.69, 9.17) is 4.74 Å². The number of nitrogens with zero attached hydrogens (tertiary/aromatic N) is 1. The summed E-state index contributed by atoms with van der Waals surface area (Å²) in [7, 11) is 0. The molecule has 1 saturated heterocycles. The van der Waals surface area contributed by atoms with Crippen LogP contribution in [0.25, 0.3) is 11.1 Å². The van der Waals surface area contributed by atoms with E-state index in [9.17, 15) is 9.90 Å². The maximum absolute atomic E-state index is 11.5. The number of benzene rings is 3. The van der Waals surface area contributed by atoms with Gasteiger partial charge in [0.2, 0.25) is 0 Å². The summed E-state index contributed by atoms with van der Waals surface area (Å²) in [5.41, 5.74) is 4.65. The number of carboxylic acid groups (broad SMARTS) is 1. The maximum atomic E-state index is 11.5. The van der Waals surface area contributed by atoms with Crippen molar-refractivity contribution in [1.82, 2.24) is 4.90 Å². The van der Waals surface area contributed by atoms with Crippen LogP contribution in [-0.2, 0) is 4.79 Å². The summed E-state index contributed by atoms with van der Waals surface area (Å²) in [5, 5.41) is 9.44. The van der Waals surface area contributed by atoms with Gasteiger partial charge < -0.3 is 9.84 Å². The molecule has 1 unspecified atom stereocenters. The van der Waals surface area contributed by atoms with Crippen molar-refractivity contribution in [1.29, 1.82) is 0 Å². The highest BCUT2D eigenvalue weighted by Crippen LogP contribution is 2.39. The van der Waals surface area contributed by atoms with Crippen molar-refractivity contribution in [2.45, 2.75) is 25.8 Å². The minimum atomic E-state index is -0.689. The minimum Gasteiger partial charge on any atom is -0.494 e. The van der Waals surface area contributed by atoms with Gasteiger partial charge in [-0.05, 0) is 67.7 Å². The Morgan fingerprint density at radius 1 is 1.03 bits per heavy atom. The number of likely N-dealkylation sites (tertiary alicyclic amines) is 1. The molecule has 5 heteroatoms. The fourth-order valence-corrected chi connectivity index (χ4v) is 4.88. The summed E-state index contributed by atoms with van der Waals surface area (Å²) in [5.74, 6) is -0.0831. The van der Waals surface area contributed by atoms with Gasteiger partial charge in [0.15, 0.2) is 0 Å². The maximum Gasteiger partial charge on any atom is 0.306 e. The number of hydrogen-bond acceptors (Lipinski definition) is 3. The normalized spacial score (nSPS) is 15.9. The summed E-state index contributed by atoms with van der Waals surface area (Å²) in [6, 6.07) is 25.2. The zero-order chi connectivity index (χ0) is 22.5. The molecule has 0 spiro atoms. The van der Waals surface area contributed by atoms with Crippen LogP contribution in [0.3, 0.4) is 0 Å². The Bertz CT molecular complexity index is 1040. The van der Waals surface area contributed by atoms with Gasteiger partial charge >= 0.3 is 5.97 Å². The predicted octanol–water partition coefficient (Wildman–Crippen LogP) is 6.40. The predicted molar refractivity (Wildman–Crippen MR) is 131 cm³/mol. The van der Waals surface area contributed by atoms with E-state index in [0.29, 0.717) is 19.4 Å². The van der Waals surface area contributed by atoms with E-state index in [-0.39, 0.29) is 12.0 Å². The minimum absolute atomic E-state index is 0.00591. The van der Waals surface area contributed by atoms with Gasteiger partial charge in [-0.2, -0.15) is 0 Å². The van der Waals surface area contributed by atoms with E-state index in [0.717, 1.165) is 28.9 Å². The van der Waals surface area contributed by atoms with Gasteiger partial charge in [0.25, 0.3) is 0 Å². The number of rotatable bonds is 7. The highest BCUT2D eigenvalue weighted by atomic mass is 79.9. The molecule has 4 nitrogen and oxygen atoms in total.